The molecule has 0 saturated carbocycles. The number of hydrogen-bond acceptors (Lipinski definition) is 0. The lowest BCUT2D eigenvalue weighted by atomic mass is 10.0. The number of hydrogen-bond donors (Lipinski definition) is 0. The van der Waals surface area contributed by atoms with Gasteiger partial charge in [-0.05, 0) is 12.3 Å². The topological polar surface area (TPSA) is 0 Å². The quantitative estimate of drug-likeness (QED) is 0.414. The minimum atomic E-state index is 0.830. The second-order valence-corrected chi connectivity index (χ2v) is 3.08. The highest BCUT2D eigenvalue weighted by Crippen LogP contribution is 2.10. The molecule has 0 radical (unpaired) electrons. The Balaban J connectivity index is 2.88. The molecule has 0 nitrogen and oxygen atoms in total. The Hall–Kier alpha value is 0.290. The van der Waals surface area contributed by atoms with Crippen LogP contribution in [0.15, 0.2) is 0 Å². The monoisotopic (exact) mass is 148 g/mol. The van der Waals surface area contributed by atoms with Crippen molar-refractivity contribution in [3.8, 4) is 0 Å². The summed E-state index contributed by atoms with van der Waals surface area (Å²) in [4.78, 5) is 0. The first-order valence-electron chi connectivity index (χ1n) is 3.87. The van der Waals surface area contributed by atoms with Gasteiger partial charge < -0.3 is 0 Å². The summed E-state index contributed by atoms with van der Waals surface area (Å²) in [5, 5.41) is 0. The lowest BCUT2D eigenvalue weighted by molar-refractivity contribution is 0.492. The molecule has 0 amide bonds. The molecule has 1 unspecified atom stereocenters. The standard InChI is InChI=1S/C8H17Cl/c1-3-8(2)6-4-5-7-9/h8H,3-7H2,1-2H3. The largest absolute Gasteiger partial charge is 0.127 e. The van der Waals surface area contributed by atoms with Gasteiger partial charge in [0.25, 0.3) is 0 Å². The van der Waals surface area contributed by atoms with Gasteiger partial charge in [0.15, 0.2) is 0 Å². The van der Waals surface area contributed by atoms with E-state index in [0.29, 0.717) is 0 Å². The van der Waals surface area contributed by atoms with Crippen molar-refractivity contribution in [2.75, 3.05) is 5.88 Å². The van der Waals surface area contributed by atoms with Gasteiger partial charge in [-0.25, -0.2) is 0 Å². The van der Waals surface area contributed by atoms with Gasteiger partial charge in [-0.15, -0.1) is 11.6 Å². The fraction of sp³-hybridized carbons (Fsp3) is 1.00. The summed E-state index contributed by atoms with van der Waals surface area (Å²) in [6.07, 6.45) is 5.15. The summed E-state index contributed by atoms with van der Waals surface area (Å²) in [7, 11) is 0. The zero-order valence-electron chi connectivity index (χ0n) is 6.49. The van der Waals surface area contributed by atoms with Crippen LogP contribution in [0.3, 0.4) is 0 Å². The maximum atomic E-state index is 5.53. The van der Waals surface area contributed by atoms with Crippen molar-refractivity contribution >= 4 is 11.6 Å². The normalized spacial score (nSPS) is 13.7. The van der Waals surface area contributed by atoms with Crippen LogP contribution in [0.25, 0.3) is 0 Å². The maximum Gasteiger partial charge on any atom is 0.0223 e. The van der Waals surface area contributed by atoms with Gasteiger partial charge in [-0.2, -0.15) is 0 Å². The second-order valence-electron chi connectivity index (χ2n) is 2.70. The van der Waals surface area contributed by atoms with Crippen LogP contribution in [0, 0.1) is 5.92 Å². The van der Waals surface area contributed by atoms with Crippen LogP contribution in [0.1, 0.15) is 39.5 Å². The Labute approximate surface area is 63.6 Å². The molecular weight excluding hydrogens is 132 g/mol. The Morgan fingerprint density at radius 1 is 1.33 bits per heavy atom. The van der Waals surface area contributed by atoms with Gasteiger partial charge in [0.1, 0.15) is 0 Å². The molecule has 0 bridgehead atoms. The molecule has 0 aromatic carbocycles. The van der Waals surface area contributed by atoms with Gasteiger partial charge in [0, 0.05) is 5.88 Å². The molecule has 0 aliphatic rings. The van der Waals surface area contributed by atoms with E-state index in [0.717, 1.165) is 11.8 Å². The molecule has 0 aliphatic heterocycles. The Morgan fingerprint density at radius 3 is 2.44 bits per heavy atom. The van der Waals surface area contributed by atoms with E-state index in [-0.39, 0.29) is 0 Å². The van der Waals surface area contributed by atoms with E-state index in [4.69, 9.17) is 11.6 Å². The molecular formula is C8H17Cl. The Morgan fingerprint density at radius 2 is 2.00 bits per heavy atom. The maximum absolute atomic E-state index is 5.53. The molecule has 9 heavy (non-hydrogen) atoms. The van der Waals surface area contributed by atoms with E-state index in [9.17, 15) is 0 Å². The first kappa shape index (κ1) is 9.29. The highest BCUT2D eigenvalue weighted by molar-refractivity contribution is 6.17. The highest BCUT2D eigenvalue weighted by Gasteiger charge is 1.96. The van der Waals surface area contributed by atoms with E-state index in [2.05, 4.69) is 13.8 Å². The third-order valence-corrected chi connectivity index (χ3v) is 2.04. The van der Waals surface area contributed by atoms with Crippen LogP contribution in [0.2, 0.25) is 0 Å². The zero-order valence-corrected chi connectivity index (χ0v) is 7.25. The third-order valence-electron chi connectivity index (χ3n) is 1.78. The van der Waals surface area contributed by atoms with E-state index in [1.807, 2.05) is 0 Å². The SMILES string of the molecule is CCC(C)CCCCCl. The first-order chi connectivity index (χ1) is 4.31. The summed E-state index contributed by atoms with van der Waals surface area (Å²) in [5.74, 6) is 1.73. The van der Waals surface area contributed by atoms with Crippen molar-refractivity contribution in [1.82, 2.24) is 0 Å². The summed E-state index contributed by atoms with van der Waals surface area (Å²) in [5.41, 5.74) is 0. The minimum absolute atomic E-state index is 0.830. The van der Waals surface area contributed by atoms with E-state index >= 15 is 0 Å². The molecule has 0 fully saturated rings. The number of halogens is 1. The van der Waals surface area contributed by atoms with Crippen molar-refractivity contribution in [3.05, 3.63) is 0 Å². The smallest absolute Gasteiger partial charge is 0.0223 e. The van der Waals surface area contributed by atoms with Crippen molar-refractivity contribution in [1.29, 1.82) is 0 Å². The molecule has 0 heterocycles. The van der Waals surface area contributed by atoms with Crippen LogP contribution in [-0.4, -0.2) is 5.88 Å². The fourth-order valence-corrected chi connectivity index (χ4v) is 0.980. The fourth-order valence-electron chi connectivity index (χ4n) is 0.791. The lowest BCUT2D eigenvalue weighted by Crippen LogP contribution is -1.91. The molecule has 56 valence electrons. The third kappa shape index (κ3) is 6.17. The Bertz CT molecular complexity index is 52.5. The van der Waals surface area contributed by atoms with Crippen molar-refractivity contribution in [2.45, 2.75) is 39.5 Å². The molecule has 0 N–H and O–H groups in total. The summed E-state index contributed by atoms with van der Waals surface area (Å²) >= 11 is 5.53. The average Bonchev–Trinajstić information content (AvgIpc) is 1.89. The minimum Gasteiger partial charge on any atom is -0.127 e. The van der Waals surface area contributed by atoms with E-state index < -0.39 is 0 Å². The second kappa shape index (κ2) is 6.41. The molecule has 0 aromatic heterocycles. The number of rotatable bonds is 5. The molecule has 0 aromatic rings. The predicted molar refractivity (Wildman–Crippen MR) is 44.0 cm³/mol. The number of unbranched alkanes of at least 4 members (excludes halogenated alkanes) is 1. The van der Waals surface area contributed by atoms with Crippen LogP contribution < -0.4 is 0 Å². The van der Waals surface area contributed by atoms with Gasteiger partial charge >= 0.3 is 0 Å². The predicted octanol–water partition coefficient (Wildman–Crippen LogP) is 3.44. The summed E-state index contributed by atoms with van der Waals surface area (Å²) in [6.45, 7) is 4.54. The summed E-state index contributed by atoms with van der Waals surface area (Å²) < 4.78 is 0. The molecule has 0 saturated heterocycles. The molecule has 0 aliphatic carbocycles. The highest BCUT2D eigenvalue weighted by atomic mass is 35.5. The summed E-state index contributed by atoms with van der Waals surface area (Å²) in [6, 6.07) is 0. The average molecular weight is 149 g/mol. The number of alkyl halides is 1. The van der Waals surface area contributed by atoms with E-state index in [1.54, 1.807) is 0 Å². The Kier molecular flexibility index (Phi) is 6.62. The first-order valence-corrected chi connectivity index (χ1v) is 4.40. The van der Waals surface area contributed by atoms with E-state index in [1.165, 1.54) is 25.7 Å². The molecule has 1 atom stereocenters. The van der Waals surface area contributed by atoms with Crippen molar-refractivity contribution in [3.63, 3.8) is 0 Å². The van der Waals surface area contributed by atoms with Crippen molar-refractivity contribution < 1.29 is 0 Å². The molecule has 1 heteroatoms. The van der Waals surface area contributed by atoms with Gasteiger partial charge in [0.2, 0.25) is 0 Å². The van der Waals surface area contributed by atoms with Crippen molar-refractivity contribution in [2.24, 2.45) is 5.92 Å². The molecule has 0 spiro atoms. The van der Waals surface area contributed by atoms with Crippen LogP contribution in [0.4, 0.5) is 0 Å². The zero-order chi connectivity index (χ0) is 7.11. The molecule has 0 rings (SSSR count). The van der Waals surface area contributed by atoms with Gasteiger partial charge in [-0.1, -0.05) is 33.1 Å². The van der Waals surface area contributed by atoms with Gasteiger partial charge in [0.05, 0.1) is 0 Å². The van der Waals surface area contributed by atoms with Crippen LogP contribution in [-0.2, 0) is 0 Å². The van der Waals surface area contributed by atoms with Gasteiger partial charge in [-0.3, -0.25) is 0 Å². The lowest BCUT2D eigenvalue weighted by Gasteiger charge is -2.05. The van der Waals surface area contributed by atoms with Crippen LogP contribution >= 0.6 is 11.6 Å². The van der Waals surface area contributed by atoms with Crippen LogP contribution in [0.5, 0.6) is 0 Å².